The molecule has 2 N–H and O–H groups in total. The number of aromatic hydroxyl groups is 1. The zero-order chi connectivity index (χ0) is 18.6. The molecule has 6 nitrogen and oxygen atoms in total. The van der Waals surface area contributed by atoms with Gasteiger partial charge in [-0.15, -0.1) is 0 Å². The highest BCUT2D eigenvalue weighted by atomic mass is 32.2. The average Bonchev–Trinajstić information content (AvgIpc) is 2.55. The third-order valence-electron chi connectivity index (χ3n) is 3.56. The lowest BCUT2D eigenvalue weighted by Crippen LogP contribution is -2.36. The Labute approximate surface area is 147 Å². The molecule has 1 atom stereocenters. The number of hydrogen-bond donors (Lipinski definition) is 2. The van der Waals surface area contributed by atoms with Gasteiger partial charge in [-0.25, -0.2) is 17.9 Å². The fourth-order valence-corrected chi connectivity index (χ4v) is 3.80. The molecule has 7 heteroatoms. The summed E-state index contributed by atoms with van der Waals surface area (Å²) in [6.07, 6.45) is 0. The van der Waals surface area contributed by atoms with E-state index in [4.69, 9.17) is 4.74 Å². The molecule has 0 aliphatic rings. The van der Waals surface area contributed by atoms with Crippen molar-refractivity contribution in [3.05, 3.63) is 59.2 Å². The Morgan fingerprint density at radius 2 is 1.80 bits per heavy atom. The van der Waals surface area contributed by atoms with Gasteiger partial charge in [0, 0.05) is 0 Å². The molecule has 0 aromatic heterocycles. The topological polar surface area (TPSA) is 92.7 Å². The third-order valence-corrected chi connectivity index (χ3v) is 5.29. The number of nitrogens with one attached hydrogen (secondary N) is 1. The van der Waals surface area contributed by atoms with Gasteiger partial charge in [0.05, 0.1) is 16.5 Å². The van der Waals surface area contributed by atoms with Crippen LogP contribution < -0.4 is 4.72 Å². The van der Waals surface area contributed by atoms with Gasteiger partial charge < -0.3 is 9.84 Å². The van der Waals surface area contributed by atoms with Crippen LogP contribution in [0.5, 0.6) is 5.75 Å². The van der Waals surface area contributed by atoms with E-state index in [-0.39, 0.29) is 22.8 Å². The van der Waals surface area contributed by atoms with Crippen LogP contribution in [0.1, 0.15) is 28.4 Å². The van der Waals surface area contributed by atoms with E-state index < -0.39 is 22.0 Å². The maximum absolute atomic E-state index is 12.5. The smallest absolute Gasteiger partial charge is 0.338 e. The molecule has 0 spiro atoms. The first kappa shape index (κ1) is 19.0. The average molecular weight is 363 g/mol. The number of aryl methyl sites for hydroxylation is 2. The number of ether oxygens (including phenoxy) is 1. The molecular weight excluding hydrogens is 342 g/mol. The summed E-state index contributed by atoms with van der Waals surface area (Å²) >= 11 is 0. The van der Waals surface area contributed by atoms with Crippen LogP contribution in [0.3, 0.4) is 0 Å². The predicted molar refractivity (Wildman–Crippen MR) is 94.1 cm³/mol. The van der Waals surface area contributed by atoms with E-state index in [9.17, 15) is 18.3 Å². The standard InChI is InChI=1S/C18H21NO5S/c1-12-4-5-13(2)17(10-12)25(22,23)19-14(3)11-24-18(21)15-6-8-16(20)9-7-15/h4-10,14,19-20H,11H2,1-3H3. The Morgan fingerprint density at radius 3 is 2.44 bits per heavy atom. The van der Waals surface area contributed by atoms with Crippen LogP contribution in [0, 0.1) is 13.8 Å². The SMILES string of the molecule is Cc1ccc(C)c(S(=O)(=O)NC(C)COC(=O)c2ccc(O)cc2)c1. The van der Waals surface area contributed by atoms with Crippen LogP contribution in [0.15, 0.2) is 47.4 Å². The Hall–Kier alpha value is -2.38. The maximum atomic E-state index is 12.5. The highest BCUT2D eigenvalue weighted by Gasteiger charge is 2.20. The van der Waals surface area contributed by atoms with Gasteiger partial charge >= 0.3 is 5.97 Å². The first-order chi connectivity index (χ1) is 11.7. The molecular formula is C18H21NO5S. The molecule has 2 rings (SSSR count). The van der Waals surface area contributed by atoms with Crippen LogP contribution in [0.2, 0.25) is 0 Å². The Morgan fingerprint density at radius 1 is 1.16 bits per heavy atom. The van der Waals surface area contributed by atoms with Gasteiger partial charge in [0.2, 0.25) is 10.0 Å². The number of rotatable bonds is 6. The molecule has 0 amide bonds. The molecule has 0 saturated carbocycles. The normalized spacial score (nSPS) is 12.6. The highest BCUT2D eigenvalue weighted by Crippen LogP contribution is 2.17. The van der Waals surface area contributed by atoms with Crippen LogP contribution in [-0.4, -0.2) is 32.1 Å². The van der Waals surface area contributed by atoms with Crippen LogP contribution in [-0.2, 0) is 14.8 Å². The number of phenols is 1. The Balaban J connectivity index is 1.99. The summed E-state index contributed by atoms with van der Waals surface area (Å²) < 4.78 is 32.6. The lowest BCUT2D eigenvalue weighted by Gasteiger charge is -2.16. The molecule has 1 unspecified atom stereocenters. The molecule has 0 fully saturated rings. The molecule has 25 heavy (non-hydrogen) atoms. The summed E-state index contributed by atoms with van der Waals surface area (Å²) in [6, 6.07) is 10.2. The molecule has 2 aromatic rings. The van der Waals surface area contributed by atoms with E-state index in [1.807, 2.05) is 13.0 Å². The van der Waals surface area contributed by atoms with Crippen LogP contribution in [0.25, 0.3) is 0 Å². The van der Waals surface area contributed by atoms with Crippen molar-refractivity contribution in [1.29, 1.82) is 0 Å². The number of carbonyl (C=O) groups excluding carboxylic acids is 1. The number of carbonyl (C=O) groups is 1. The van der Waals surface area contributed by atoms with Crippen molar-refractivity contribution in [2.24, 2.45) is 0 Å². The van der Waals surface area contributed by atoms with E-state index in [0.29, 0.717) is 5.56 Å². The van der Waals surface area contributed by atoms with Crippen molar-refractivity contribution in [3.8, 4) is 5.75 Å². The second kappa shape index (κ2) is 7.67. The lowest BCUT2D eigenvalue weighted by molar-refractivity contribution is 0.0481. The van der Waals surface area contributed by atoms with Crippen molar-refractivity contribution in [2.75, 3.05) is 6.61 Å². The van der Waals surface area contributed by atoms with E-state index in [2.05, 4.69) is 4.72 Å². The molecule has 0 aliphatic carbocycles. The summed E-state index contributed by atoms with van der Waals surface area (Å²) in [5.74, 6) is -0.538. The molecule has 2 aromatic carbocycles. The minimum absolute atomic E-state index is 0.0474. The highest BCUT2D eigenvalue weighted by molar-refractivity contribution is 7.89. The maximum Gasteiger partial charge on any atom is 0.338 e. The molecule has 0 aliphatic heterocycles. The lowest BCUT2D eigenvalue weighted by atomic mass is 10.2. The van der Waals surface area contributed by atoms with Gasteiger partial charge in [0.1, 0.15) is 12.4 Å². The van der Waals surface area contributed by atoms with Crippen LogP contribution in [0.4, 0.5) is 0 Å². The quantitative estimate of drug-likeness (QED) is 0.770. The van der Waals surface area contributed by atoms with Gasteiger partial charge in [-0.3, -0.25) is 0 Å². The predicted octanol–water partition coefficient (Wildman–Crippen LogP) is 2.53. The summed E-state index contributed by atoms with van der Waals surface area (Å²) in [7, 11) is -3.71. The number of sulfonamides is 1. The number of esters is 1. The van der Waals surface area contributed by atoms with Crippen molar-refractivity contribution in [1.82, 2.24) is 4.72 Å². The first-order valence-electron chi connectivity index (χ1n) is 7.75. The van der Waals surface area contributed by atoms with E-state index in [0.717, 1.165) is 5.56 Å². The minimum Gasteiger partial charge on any atom is -0.508 e. The molecule has 134 valence electrons. The second-order valence-corrected chi connectivity index (χ2v) is 7.62. The first-order valence-corrected chi connectivity index (χ1v) is 9.23. The van der Waals surface area contributed by atoms with Crippen molar-refractivity contribution in [2.45, 2.75) is 31.7 Å². The van der Waals surface area contributed by atoms with Crippen molar-refractivity contribution >= 4 is 16.0 Å². The van der Waals surface area contributed by atoms with Gasteiger partial charge in [0.25, 0.3) is 0 Å². The van der Waals surface area contributed by atoms with Gasteiger partial charge in [0.15, 0.2) is 0 Å². The molecule has 0 radical (unpaired) electrons. The number of phenolic OH excluding ortho intramolecular Hbond substituents is 1. The van der Waals surface area contributed by atoms with Gasteiger partial charge in [-0.2, -0.15) is 0 Å². The fraction of sp³-hybridized carbons (Fsp3) is 0.278. The summed E-state index contributed by atoms with van der Waals surface area (Å²) in [4.78, 5) is 12.1. The second-order valence-electron chi connectivity index (χ2n) is 5.94. The summed E-state index contributed by atoms with van der Waals surface area (Å²) in [5, 5.41) is 9.21. The summed E-state index contributed by atoms with van der Waals surface area (Å²) in [5.41, 5.74) is 1.77. The van der Waals surface area contributed by atoms with Crippen molar-refractivity contribution in [3.63, 3.8) is 0 Å². The van der Waals surface area contributed by atoms with Gasteiger partial charge in [-0.1, -0.05) is 12.1 Å². The number of hydrogen-bond acceptors (Lipinski definition) is 5. The largest absolute Gasteiger partial charge is 0.508 e. The Kier molecular flexibility index (Phi) is 5.81. The monoisotopic (exact) mass is 363 g/mol. The molecule has 0 heterocycles. The third kappa shape index (κ3) is 5.04. The minimum atomic E-state index is -3.71. The van der Waals surface area contributed by atoms with E-state index in [1.54, 1.807) is 26.0 Å². The van der Waals surface area contributed by atoms with E-state index >= 15 is 0 Å². The Bertz CT molecular complexity index is 860. The fourth-order valence-electron chi connectivity index (χ4n) is 2.24. The molecule has 0 saturated heterocycles. The van der Waals surface area contributed by atoms with Gasteiger partial charge in [-0.05, 0) is 62.2 Å². The zero-order valence-electron chi connectivity index (χ0n) is 14.3. The summed E-state index contributed by atoms with van der Waals surface area (Å²) in [6.45, 7) is 5.06. The zero-order valence-corrected chi connectivity index (χ0v) is 15.1. The van der Waals surface area contributed by atoms with Crippen molar-refractivity contribution < 1.29 is 23.1 Å². The molecule has 0 bridgehead atoms. The number of benzene rings is 2. The van der Waals surface area contributed by atoms with E-state index in [1.165, 1.54) is 24.3 Å². The van der Waals surface area contributed by atoms with Crippen LogP contribution >= 0.6 is 0 Å².